The van der Waals surface area contributed by atoms with Crippen molar-refractivity contribution >= 4 is 27.4 Å². The normalized spacial score (nSPS) is 15.1. The van der Waals surface area contributed by atoms with Crippen molar-refractivity contribution in [3.63, 3.8) is 0 Å². The van der Waals surface area contributed by atoms with Crippen LogP contribution in [0.4, 0.5) is 20.6 Å². The summed E-state index contributed by atoms with van der Waals surface area (Å²) in [7, 11) is -3.34. The lowest BCUT2D eigenvalue weighted by Crippen LogP contribution is -2.49. The van der Waals surface area contributed by atoms with Gasteiger partial charge in [0.1, 0.15) is 5.82 Å². The second kappa shape index (κ2) is 7.96. The Labute approximate surface area is 158 Å². The second-order valence-electron chi connectivity index (χ2n) is 6.39. The standard InChI is InChI=1S/C19H22FN3O3S/c1-2-27(25,26)21-17-7-9-18(10-8-17)23-12-4-11-22(19(23)24)14-15-5-3-6-16(20)13-15/h3,5-10,13,21H,2,4,11-12,14H2,1H3. The first kappa shape index (κ1) is 19.2. The minimum atomic E-state index is -3.34. The van der Waals surface area contributed by atoms with Crippen LogP contribution in [0.15, 0.2) is 48.5 Å². The topological polar surface area (TPSA) is 69.7 Å². The Morgan fingerprint density at radius 1 is 1.11 bits per heavy atom. The van der Waals surface area contributed by atoms with Gasteiger partial charge in [0.15, 0.2) is 0 Å². The fraction of sp³-hybridized carbons (Fsp3) is 0.316. The van der Waals surface area contributed by atoms with Crippen molar-refractivity contribution in [2.45, 2.75) is 19.9 Å². The van der Waals surface area contributed by atoms with Gasteiger partial charge in [0.2, 0.25) is 10.0 Å². The Kier molecular flexibility index (Phi) is 5.65. The zero-order valence-electron chi connectivity index (χ0n) is 15.1. The van der Waals surface area contributed by atoms with Crippen LogP contribution in [0.2, 0.25) is 0 Å². The Bertz CT molecular complexity index is 916. The van der Waals surface area contributed by atoms with Crippen molar-refractivity contribution in [1.82, 2.24) is 4.90 Å². The molecular weight excluding hydrogens is 369 g/mol. The van der Waals surface area contributed by atoms with E-state index in [0.29, 0.717) is 31.0 Å². The third-order valence-electron chi connectivity index (χ3n) is 4.41. The summed E-state index contributed by atoms with van der Waals surface area (Å²) in [6.07, 6.45) is 0.797. The van der Waals surface area contributed by atoms with Gasteiger partial charge in [0.05, 0.1) is 5.75 Å². The molecule has 0 saturated carbocycles. The molecule has 1 saturated heterocycles. The smallest absolute Gasteiger partial charge is 0.320 e. The quantitative estimate of drug-likeness (QED) is 0.820. The van der Waals surface area contributed by atoms with Gasteiger partial charge in [-0.15, -0.1) is 0 Å². The molecule has 2 aromatic carbocycles. The summed E-state index contributed by atoms with van der Waals surface area (Å²) in [5.41, 5.74) is 1.90. The monoisotopic (exact) mass is 391 g/mol. The molecule has 27 heavy (non-hydrogen) atoms. The number of anilines is 2. The number of halogens is 1. The van der Waals surface area contributed by atoms with E-state index in [-0.39, 0.29) is 17.6 Å². The molecule has 0 aromatic heterocycles. The van der Waals surface area contributed by atoms with Crippen LogP contribution in [0.25, 0.3) is 0 Å². The molecule has 6 nitrogen and oxygen atoms in total. The largest absolute Gasteiger partial charge is 0.324 e. The maximum Gasteiger partial charge on any atom is 0.324 e. The van der Waals surface area contributed by atoms with Gasteiger partial charge in [-0.2, -0.15) is 0 Å². The lowest BCUT2D eigenvalue weighted by atomic mass is 10.1. The number of hydrogen-bond donors (Lipinski definition) is 1. The van der Waals surface area contributed by atoms with E-state index < -0.39 is 10.0 Å². The maximum atomic E-state index is 13.4. The van der Waals surface area contributed by atoms with Crippen LogP contribution in [0, 0.1) is 5.82 Å². The summed E-state index contributed by atoms with van der Waals surface area (Å²) >= 11 is 0. The van der Waals surface area contributed by atoms with Gasteiger partial charge >= 0.3 is 6.03 Å². The molecule has 144 valence electrons. The first-order valence-corrected chi connectivity index (χ1v) is 10.4. The van der Waals surface area contributed by atoms with Gasteiger partial charge < -0.3 is 4.90 Å². The van der Waals surface area contributed by atoms with Crippen molar-refractivity contribution in [3.05, 3.63) is 59.9 Å². The number of sulfonamides is 1. The summed E-state index contributed by atoms with van der Waals surface area (Å²) in [5, 5.41) is 0. The molecule has 0 aliphatic carbocycles. The number of urea groups is 1. The third kappa shape index (κ3) is 4.77. The molecule has 0 atom stereocenters. The molecule has 1 N–H and O–H groups in total. The lowest BCUT2D eigenvalue weighted by Gasteiger charge is -2.35. The molecule has 0 unspecified atom stereocenters. The first-order chi connectivity index (χ1) is 12.9. The van der Waals surface area contributed by atoms with Gasteiger partial charge in [-0.1, -0.05) is 12.1 Å². The van der Waals surface area contributed by atoms with Gasteiger partial charge in [-0.3, -0.25) is 9.62 Å². The molecule has 1 fully saturated rings. The fourth-order valence-electron chi connectivity index (χ4n) is 2.98. The van der Waals surface area contributed by atoms with Crippen molar-refractivity contribution in [2.75, 3.05) is 28.5 Å². The van der Waals surface area contributed by atoms with Crippen LogP contribution in [0.5, 0.6) is 0 Å². The SMILES string of the molecule is CCS(=O)(=O)Nc1ccc(N2CCCN(Cc3cccc(F)c3)C2=O)cc1. The van der Waals surface area contributed by atoms with E-state index in [0.717, 1.165) is 12.0 Å². The van der Waals surface area contributed by atoms with Crippen LogP contribution < -0.4 is 9.62 Å². The number of rotatable bonds is 6. The lowest BCUT2D eigenvalue weighted by molar-refractivity contribution is 0.192. The van der Waals surface area contributed by atoms with E-state index >= 15 is 0 Å². The summed E-state index contributed by atoms with van der Waals surface area (Å²) in [6, 6.07) is 12.8. The number of amides is 2. The second-order valence-corrected chi connectivity index (χ2v) is 8.40. The highest BCUT2D eigenvalue weighted by atomic mass is 32.2. The molecule has 1 aliphatic heterocycles. The molecule has 0 radical (unpaired) electrons. The van der Waals surface area contributed by atoms with Gasteiger partial charge in [0.25, 0.3) is 0 Å². The van der Waals surface area contributed by atoms with E-state index in [1.807, 2.05) is 0 Å². The molecule has 0 bridgehead atoms. The molecule has 0 spiro atoms. The highest BCUT2D eigenvalue weighted by Gasteiger charge is 2.26. The zero-order chi connectivity index (χ0) is 19.4. The predicted octanol–water partition coefficient (Wildman–Crippen LogP) is 3.42. The number of carbonyl (C=O) groups excluding carboxylic acids is 1. The van der Waals surface area contributed by atoms with Crippen LogP contribution in [-0.4, -0.2) is 38.2 Å². The Balaban J connectivity index is 1.72. The first-order valence-electron chi connectivity index (χ1n) is 8.79. The van der Waals surface area contributed by atoms with Crippen molar-refractivity contribution in [2.24, 2.45) is 0 Å². The predicted molar refractivity (Wildman–Crippen MR) is 104 cm³/mol. The highest BCUT2D eigenvalue weighted by Crippen LogP contribution is 2.23. The molecule has 8 heteroatoms. The fourth-order valence-corrected chi connectivity index (χ4v) is 3.62. The number of carbonyl (C=O) groups is 1. The van der Waals surface area contributed by atoms with Gasteiger partial charge in [0, 0.05) is 31.0 Å². The van der Waals surface area contributed by atoms with Crippen LogP contribution in [0.1, 0.15) is 18.9 Å². The average Bonchev–Trinajstić information content (AvgIpc) is 2.64. The number of nitrogens with zero attached hydrogens (tertiary/aromatic N) is 2. The van der Waals surface area contributed by atoms with E-state index in [1.54, 1.807) is 53.1 Å². The summed E-state index contributed by atoms with van der Waals surface area (Å²) in [4.78, 5) is 16.2. The van der Waals surface area contributed by atoms with Crippen molar-refractivity contribution < 1.29 is 17.6 Å². The maximum absolute atomic E-state index is 13.4. The summed E-state index contributed by atoms with van der Waals surface area (Å²) < 4.78 is 39.1. The summed E-state index contributed by atoms with van der Waals surface area (Å²) in [5.74, 6) is -0.326. The third-order valence-corrected chi connectivity index (χ3v) is 5.71. The zero-order valence-corrected chi connectivity index (χ0v) is 15.9. The van der Waals surface area contributed by atoms with Gasteiger partial charge in [-0.05, 0) is 55.3 Å². The Morgan fingerprint density at radius 3 is 2.52 bits per heavy atom. The van der Waals surface area contributed by atoms with Gasteiger partial charge in [-0.25, -0.2) is 17.6 Å². The van der Waals surface area contributed by atoms with Crippen LogP contribution in [-0.2, 0) is 16.6 Å². The number of hydrogen-bond acceptors (Lipinski definition) is 3. The molecule has 3 rings (SSSR count). The van der Waals surface area contributed by atoms with E-state index in [1.165, 1.54) is 12.1 Å². The number of benzene rings is 2. The van der Waals surface area contributed by atoms with Crippen molar-refractivity contribution in [3.8, 4) is 0 Å². The van der Waals surface area contributed by atoms with Crippen LogP contribution in [0.3, 0.4) is 0 Å². The molecule has 1 heterocycles. The van der Waals surface area contributed by atoms with E-state index in [4.69, 9.17) is 0 Å². The average molecular weight is 391 g/mol. The highest BCUT2D eigenvalue weighted by molar-refractivity contribution is 7.92. The Morgan fingerprint density at radius 2 is 1.85 bits per heavy atom. The summed E-state index contributed by atoms with van der Waals surface area (Å²) in [6.45, 7) is 3.11. The van der Waals surface area contributed by atoms with Crippen molar-refractivity contribution in [1.29, 1.82) is 0 Å². The number of nitrogens with one attached hydrogen (secondary N) is 1. The molecule has 1 aliphatic rings. The molecule has 2 aromatic rings. The van der Waals surface area contributed by atoms with E-state index in [2.05, 4.69) is 4.72 Å². The Hall–Kier alpha value is -2.61. The minimum absolute atomic E-state index is 0.00555. The minimum Gasteiger partial charge on any atom is -0.320 e. The molecule has 2 amide bonds. The van der Waals surface area contributed by atoms with E-state index in [9.17, 15) is 17.6 Å². The molecular formula is C19H22FN3O3S. The van der Waals surface area contributed by atoms with Crippen LogP contribution >= 0.6 is 0 Å².